The molecule has 1 aromatic heterocycles. The summed E-state index contributed by atoms with van der Waals surface area (Å²) in [6.45, 7) is 0.427. The van der Waals surface area contributed by atoms with Gasteiger partial charge in [0.05, 0.1) is 19.2 Å². The maximum Gasteiger partial charge on any atom is 0.224 e. The monoisotopic (exact) mass is 293 g/mol. The van der Waals surface area contributed by atoms with Crippen molar-refractivity contribution >= 4 is 21.8 Å². The number of rotatable bonds is 4. The van der Waals surface area contributed by atoms with Crippen molar-refractivity contribution < 1.29 is 9.21 Å². The Morgan fingerprint density at radius 3 is 2.76 bits per heavy atom. The number of benzene rings is 1. The fraction of sp³-hybridized carbons (Fsp3) is 0.154. The van der Waals surface area contributed by atoms with Gasteiger partial charge in [-0.3, -0.25) is 4.79 Å². The summed E-state index contributed by atoms with van der Waals surface area (Å²) in [6.07, 6.45) is 1.96. The largest absolute Gasteiger partial charge is 0.467 e. The van der Waals surface area contributed by atoms with Crippen LogP contribution in [0.3, 0.4) is 0 Å². The summed E-state index contributed by atoms with van der Waals surface area (Å²) >= 11 is 3.42. The van der Waals surface area contributed by atoms with E-state index in [4.69, 9.17) is 4.42 Å². The van der Waals surface area contributed by atoms with Gasteiger partial charge in [0.15, 0.2) is 0 Å². The molecule has 0 saturated carbocycles. The van der Waals surface area contributed by atoms with Crippen molar-refractivity contribution in [2.45, 2.75) is 13.0 Å². The average Bonchev–Trinajstić information content (AvgIpc) is 2.82. The Morgan fingerprint density at radius 2 is 2.06 bits per heavy atom. The van der Waals surface area contributed by atoms with E-state index >= 15 is 0 Å². The summed E-state index contributed by atoms with van der Waals surface area (Å²) < 4.78 is 6.09. The molecule has 1 N–H and O–H groups in total. The van der Waals surface area contributed by atoms with Gasteiger partial charge in [-0.05, 0) is 23.8 Å². The molecule has 2 rings (SSSR count). The lowest BCUT2D eigenvalue weighted by molar-refractivity contribution is -0.120. The molecule has 17 heavy (non-hydrogen) atoms. The molecule has 1 heterocycles. The molecule has 0 spiro atoms. The Bertz CT molecular complexity index is 494. The highest BCUT2D eigenvalue weighted by Gasteiger charge is 2.06. The summed E-state index contributed by atoms with van der Waals surface area (Å²) in [5.41, 5.74) is 0.976. The van der Waals surface area contributed by atoms with E-state index in [2.05, 4.69) is 21.2 Å². The van der Waals surface area contributed by atoms with Crippen LogP contribution in [0.15, 0.2) is 51.6 Å². The van der Waals surface area contributed by atoms with Crippen LogP contribution in [0.1, 0.15) is 11.3 Å². The molecule has 0 aliphatic carbocycles. The van der Waals surface area contributed by atoms with Crippen molar-refractivity contribution in [1.29, 1.82) is 0 Å². The van der Waals surface area contributed by atoms with Gasteiger partial charge in [0.2, 0.25) is 5.91 Å². The molecule has 0 fully saturated rings. The van der Waals surface area contributed by atoms with Crippen LogP contribution in [0.25, 0.3) is 0 Å². The van der Waals surface area contributed by atoms with Crippen LogP contribution in [0.2, 0.25) is 0 Å². The minimum atomic E-state index is -0.0201. The van der Waals surface area contributed by atoms with E-state index in [1.54, 1.807) is 12.3 Å². The second kappa shape index (κ2) is 5.68. The van der Waals surface area contributed by atoms with Crippen LogP contribution < -0.4 is 5.32 Å². The van der Waals surface area contributed by atoms with Gasteiger partial charge in [-0.15, -0.1) is 0 Å². The van der Waals surface area contributed by atoms with Crippen LogP contribution in [-0.4, -0.2) is 5.91 Å². The van der Waals surface area contributed by atoms with Crippen LogP contribution in [0.5, 0.6) is 0 Å². The number of hydrogen-bond donors (Lipinski definition) is 1. The van der Waals surface area contributed by atoms with Crippen LogP contribution in [0, 0.1) is 0 Å². The SMILES string of the molecule is O=C(Cc1ccccc1Br)NCc1ccco1. The van der Waals surface area contributed by atoms with Gasteiger partial charge in [-0.25, -0.2) is 0 Å². The zero-order valence-corrected chi connectivity index (χ0v) is 10.7. The Kier molecular flexibility index (Phi) is 3.98. The van der Waals surface area contributed by atoms with E-state index in [1.165, 1.54) is 0 Å². The molecular formula is C13H12BrNO2. The van der Waals surface area contributed by atoms with Gasteiger partial charge >= 0.3 is 0 Å². The van der Waals surface area contributed by atoms with E-state index in [9.17, 15) is 4.79 Å². The zero-order chi connectivity index (χ0) is 12.1. The van der Waals surface area contributed by atoms with Gasteiger partial charge in [-0.1, -0.05) is 34.1 Å². The van der Waals surface area contributed by atoms with E-state index in [0.717, 1.165) is 15.8 Å². The van der Waals surface area contributed by atoms with E-state index in [0.29, 0.717) is 13.0 Å². The molecule has 2 aromatic rings. The molecule has 0 radical (unpaired) electrons. The summed E-state index contributed by atoms with van der Waals surface area (Å²) in [4.78, 5) is 11.7. The number of furan rings is 1. The predicted molar refractivity (Wildman–Crippen MR) is 68.4 cm³/mol. The van der Waals surface area contributed by atoms with Crippen LogP contribution in [0.4, 0.5) is 0 Å². The number of amides is 1. The van der Waals surface area contributed by atoms with Crippen molar-refractivity contribution in [3.63, 3.8) is 0 Å². The molecule has 4 heteroatoms. The van der Waals surface area contributed by atoms with Gasteiger partial charge in [0.25, 0.3) is 0 Å². The minimum absolute atomic E-state index is 0.0201. The number of carbonyl (C=O) groups excluding carboxylic acids is 1. The third kappa shape index (κ3) is 3.46. The first-order valence-electron chi connectivity index (χ1n) is 5.28. The molecule has 0 bridgehead atoms. The standard InChI is InChI=1S/C13H12BrNO2/c14-12-6-2-1-4-10(12)8-13(16)15-9-11-5-3-7-17-11/h1-7H,8-9H2,(H,15,16). The lowest BCUT2D eigenvalue weighted by Gasteiger charge is -2.05. The predicted octanol–water partition coefficient (Wildman–Crippen LogP) is 2.90. The number of halogens is 1. The molecule has 1 amide bonds. The maximum absolute atomic E-state index is 11.7. The van der Waals surface area contributed by atoms with Crippen molar-refractivity contribution in [1.82, 2.24) is 5.32 Å². The molecule has 0 aliphatic heterocycles. The number of nitrogens with one attached hydrogen (secondary N) is 1. The normalized spacial score (nSPS) is 10.2. The van der Waals surface area contributed by atoms with E-state index < -0.39 is 0 Å². The van der Waals surface area contributed by atoms with Crippen molar-refractivity contribution in [3.05, 3.63) is 58.5 Å². The molecular weight excluding hydrogens is 282 g/mol. The van der Waals surface area contributed by atoms with Gasteiger partial charge < -0.3 is 9.73 Å². The quantitative estimate of drug-likeness (QED) is 0.942. The lowest BCUT2D eigenvalue weighted by Crippen LogP contribution is -2.24. The summed E-state index contributed by atoms with van der Waals surface area (Å²) in [5, 5.41) is 2.81. The third-order valence-electron chi connectivity index (χ3n) is 2.35. The second-order valence-electron chi connectivity index (χ2n) is 3.62. The highest BCUT2D eigenvalue weighted by atomic mass is 79.9. The molecule has 88 valence electrons. The highest BCUT2D eigenvalue weighted by Crippen LogP contribution is 2.16. The fourth-order valence-corrected chi connectivity index (χ4v) is 1.90. The average molecular weight is 294 g/mol. The molecule has 0 saturated heterocycles. The van der Waals surface area contributed by atoms with Crippen molar-refractivity contribution in [2.24, 2.45) is 0 Å². The molecule has 3 nitrogen and oxygen atoms in total. The first kappa shape index (κ1) is 11.9. The summed E-state index contributed by atoms with van der Waals surface area (Å²) in [7, 11) is 0. The summed E-state index contributed by atoms with van der Waals surface area (Å²) in [5.74, 6) is 0.735. The van der Waals surface area contributed by atoms with Gasteiger partial charge in [0, 0.05) is 4.47 Å². The Labute approximate surface area is 108 Å². The Morgan fingerprint density at radius 1 is 1.24 bits per heavy atom. The van der Waals surface area contributed by atoms with E-state index in [1.807, 2.05) is 30.3 Å². The Hall–Kier alpha value is -1.55. The maximum atomic E-state index is 11.7. The zero-order valence-electron chi connectivity index (χ0n) is 9.15. The third-order valence-corrected chi connectivity index (χ3v) is 3.12. The molecule has 0 atom stereocenters. The Balaban J connectivity index is 1.87. The number of carbonyl (C=O) groups is 1. The van der Waals surface area contributed by atoms with E-state index in [-0.39, 0.29) is 5.91 Å². The smallest absolute Gasteiger partial charge is 0.224 e. The fourth-order valence-electron chi connectivity index (χ4n) is 1.48. The molecule has 0 unspecified atom stereocenters. The van der Waals surface area contributed by atoms with Crippen molar-refractivity contribution in [3.8, 4) is 0 Å². The van der Waals surface area contributed by atoms with Crippen molar-refractivity contribution in [2.75, 3.05) is 0 Å². The lowest BCUT2D eigenvalue weighted by atomic mass is 10.1. The molecule has 0 aliphatic rings. The first-order valence-corrected chi connectivity index (χ1v) is 6.07. The second-order valence-corrected chi connectivity index (χ2v) is 4.48. The topological polar surface area (TPSA) is 42.2 Å². The first-order chi connectivity index (χ1) is 8.25. The van der Waals surface area contributed by atoms with Gasteiger partial charge in [0.1, 0.15) is 5.76 Å². The minimum Gasteiger partial charge on any atom is -0.467 e. The number of hydrogen-bond acceptors (Lipinski definition) is 2. The summed E-state index contributed by atoms with van der Waals surface area (Å²) in [6, 6.07) is 11.3. The highest BCUT2D eigenvalue weighted by molar-refractivity contribution is 9.10. The van der Waals surface area contributed by atoms with Gasteiger partial charge in [-0.2, -0.15) is 0 Å². The van der Waals surface area contributed by atoms with Crippen LogP contribution >= 0.6 is 15.9 Å². The molecule has 1 aromatic carbocycles. The van der Waals surface area contributed by atoms with Crippen LogP contribution in [-0.2, 0) is 17.8 Å².